The first-order valence-corrected chi connectivity index (χ1v) is 7.12. The minimum absolute atomic E-state index is 0.134. The molecule has 0 bridgehead atoms. The summed E-state index contributed by atoms with van der Waals surface area (Å²) >= 11 is 0. The summed E-state index contributed by atoms with van der Waals surface area (Å²) in [5.41, 5.74) is 5.53. The van der Waals surface area contributed by atoms with Gasteiger partial charge in [0.25, 0.3) is 0 Å². The molecule has 21 heavy (non-hydrogen) atoms. The number of hydrogen-bond donors (Lipinski definition) is 0. The zero-order valence-corrected chi connectivity index (χ0v) is 12.8. The summed E-state index contributed by atoms with van der Waals surface area (Å²) < 4.78 is 7.68. The van der Waals surface area contributed by atoms with Crippen molar-refractivity contribution in [3.8, 4) is 17.0 Å². The van der Waals surface area contributed by atoms with Crippen LogP contribution in [0, 0.1) is 13.8 Å². The molecule has 4 nitrogen and oxygen atoms in total. The highest BCUT2D eigenvalue weighted by atomic mass is 16.5. The third kappa shape index (κ3) is 2.61. The Labute approximate surface area is 124 Å². The van der Waals surface area contributed by atoms with Crippen molar-refractivity contribution in [2.45, 2.75) is 33.8 Å². The highest BCUT2D eigenvalue weighted by Crippen LogP contribution is 2.25. The lowest BCUT2D eigenvalue weighted by molar-refractivity contribution is 0.232. The predicted molar refractivity (Wildman–Crippen MR) is 83.7 cm³/mol. The summed E-state index contributed by atoms with van der Waals surface area (Å²) in [5, 5.41) is 0. The average Bonchev–Trinajstić information content (AvgIpc) is 2.79. The molecule has 4 heteroatoms. The molecule has 0 fully saturated rings. The molecule has 0 aliphatic rings. The topological polar surface area (TPSA) is 39.4 Å². The Morgan fingerprint density at radius 1 is 1.10 bits per heavy atom. The second-order valence-corrected chi connectivity index (χ2v) is 5.55. The summed E-state index contributed by atoms with van der Waals surface area (Å²) in [6, 6.07) is 6.06. The van der Waals surface area contributed by atoms with Crippen LogP contribution in [0.1, 0.15) is 25.1 Å². The fourth-order valence-corrected chi connectivity index (χ4v) is 2.39. The predicted octanol–water partition coefficient (Wildman–Crippen LogP) is 3.80. The Bertz CT molecular complexity index is 773. The van der Waals surface area contributed by atoms with Gasteiger partial charge in [-0.2, -0.15) is 0 Å². The van der Waals surface area contributed by atoms with Crippen LogP contribution in [0.15, 0.2) is 36.8 Å². The molecular formula is C17H19N3O. The van der Waals surface area contributed by atoms with Crippen LogP contribution in [0.4, 0.5) is 0 Å². The third-order valence-corrected chi connectivity index (χ3v) is 3.44. The van der Waals surface area contributed by atoms with Gasteiger partial charge >= 0.3 is 0 Å². The first kappa shape index (κ1) is 13.6. The van der Waals surface area contributed by atoms with Crippen LogP contribution in [-0.4, -0.2) is 20.5 Å². The van der Waals surface area contributed by atoms with E-state index in [1.807, 2.05) is 38.4 Å². The maximum Gasteiger partial charge on any atom is 0.213 e. The Balaban J connectivity index is 2.03. The van der Waals surface area contributed by atoms with Crippen LogP contribution in [-0.2, 0) is 0 Å². The van der Waals surface area contributed by atoms with E-state index in [0.29, 0.717) is 5.88 Å². The van der Waals surface area contributed by atoms with Gasteiger partial charge in [-0.1, -0.05) is 0 Å². The van der Waals surface area contributed by atoms with Crippen molar-refractivity contribution < 1.29 is 4.74 Å². The SMILES string of the molecule is Cc1cc2ncc(C)n2cc1-c1ccc(OC(C)C)nc1. The molecule has 0 aliphatic heterocycles. The van der Waals surface area contributed by atoms with Crippen LogP contribution in [0.3, 0.4) is 0 Å². The van der Waals surface area contributed by atoms with Crippen molar-refractivity contribution in [3.63, 3.8) is 0 Å². The maximum atomic E-state index is 5.59. The number of imidazole rings is 1. The molecule has 0 N–H and O–H groups in total. The molecule has 0 radical (unpaired) electrons. The maximum absolute atomic E-state index is 5.59. The minimum atomic E-state index is 0.134. The Morgan fingerprint density at radius 3 is 2.57 bits per heavy atom. The van der Waals surface area contributed by atoms with Crippen molar-refractivity contribution in [1.29, 1.82) is 0 Å². The van der Waals surface area contributed by atoms with E-state index in [-0.39, 0.29) is 6.10 Å². The van der Waals surface area contributed by atoms with E-state index in [0.717, 1.165) is 22.5 Å². The van der Waals surface area contributed by atoms with E-state index in [1.54, 1.807) is 0 Å². The largest absolute Gasteiger partial charge is 0.475 e. The quantitative estimate of drug-likeness (QED) is 0.733. The van der Waals surface area contributed by atoms with Gasteiger partial charge in [-0.25, -0.2) is 9.97 Å². The molecule has 3 aromatic heterocycles. The van der Waals surface area contributed by atoms with Gasteiger partial charge in [0.15, 0.2) is 0 Å². The Hall–Kier alpha value is -2.36. The summed E-state index contributed by atoms with van der Waals surface area (Å²) in [7, 11) is 0. The van der Waals surface area contributed by atoms with E-state index in [9.17, 15) is 0 Å². The van der Waals surface area contributed by atoms with Crippen LogP contribution >= 0.6 is 0 Å². The van der Waals surface area contributed by atoms with E-state index < -0.39 is 0 Å². The number of ether oxygens (including phenoxy) is 1. The average molecular weight is 281 g/mol. The summed E-state index contributed by atoms with van der Waals surface area (Å²) in [6.07, 6.45) is 6.00. The number of aromatic nitrogens is 3. The molecule has 0 aliphatic carbocycles. The van der Waals surface area contributed by atoms with Gasteiger partial charge in [0.05, 0.1) is 6.10 Å². The first-order chi connectivity index (χ1) is 10.0. The van der Waals surface area contributed by atoms with E-state index in [2.05, 4.69) is 40.5 Å². The molecule has 0 saturated carbocycles. The molecule has 108 valence electrons. The lowest BCUT2D eigenvalue weighted by Gasteiger charge is -2.11. The fraction of sp³-hybridized carbons (Fsp3) is 0.294. The molecule has 3 rings (SSSR count). The molecule has 0 spiro atoms. The number of aryl methyl sites for hydroxylation is 2. The van der Waals surface area contributed by atoms with Gasteiger partial charge < -0.3 is 9.14 Å². The highest BCUT2D eigenvalue weighted by molar-refractivity contribution is 5.68. The van der Waals surface area contributed by atoms with Crippen LogP contribution in [0.25, 0.3) is 16.8 Å². The van der Waals surface area contributed by atoms with Gasteiger partial charge in [-0.05, 0) is 45.4 Å². The number of rotatable bonds is 3. The first-order valence-electron chi connectivity index (χ1n) is 7.12. The van der Waals surface area contributed by atoms with Crippen molar-refractivity contribution in [2.24, 2.45) is 0 Å². The second kappa shape index (κ2) is 5.20. The van der Waals surface area contributed by atoms with Crippen molar-refractivity contribution in [3.05, 3.63) is 48.0 Å². The van der Waals surface area contributed by atoms with Crippen LogP contribution in [0.5, 0.6) is 5.88 Å². The van der Waals surface area contributed by atoms with Gasteiger partial charge in [0, 0.05) is 41.5 Å². The van der Waals surface area contributed by atoms with E-state index in [4.69, 9.17) is 4.74 Å². The molecule has 0 atom stereocenters. The number of pyridine rings is 2. The van der Waals surface area contributed by atoms with Crippen molar-refractivity contribution >= 4 is 5.65 Å². The number of hydrogen-bond acceptors (Lipinski definition) is 3. The molecular weight excluding hydrogens is 262 g/mol. The van der Waals surface area contributed by atoms with E-state index >= 15 is 0 Å². The highest BCUT2D eigenvalue weighted by Gasteiger charge is 2.08. The molecule has 3 aromatic rings. The molecule has 0 amide bonds. The molecule has 0 aromatic carbocycles. The summed E-state index contributed by atoms with van der Waals surface area (Å²) in [6.45, 7) is 8.14. The monoisotopic (exact) mass is 281 g/mol. The molecule has 0 saturated heterocycles. The fourth-order valence-electron chi connectivity index (χ4n) is 2.39. The van der Waals surface area contributed by atoms with Gasteiger partial charge in [0.1, 0.15) is 5.65 Å². The smallest absolute Gasteiger partial charge is 0.213 e. The lowest BCUT2D eigenvalue weighted by Crippen LogP contribution is -2.06. The third-order valence-electron chi connectivity index (χ3n) is 3.44. The standard InChI is InChI=1S/C17H19N3O/c1-11(2)21-17-6-5-14(9-19-17)15-10-20-13(4)8-18-16(20)7-12(15)3/h5-11H,1-4H3. The Morgan fingerprint density at radius 2 is 1.90 bits per heavy atom. The number of fused-ring (bicyclic) bond motifs is 1. The zero-order chi connectivity index (χ0) is 15.0. The number of nitrogens with zero attached hydrogens (tertiary/aromatic N) is 3. The Kier molecular flexibility index (Phi) is 3.37. The van der Waals surface area contributed by atoms with E-state index in [1.165, 1.54) is 5.56 Å². The summed E-state index contributed by atoms with van der Waals surface area (Å²) in [4.78, 5) is 8.77. The normalized spacial score (nSPS) is 11.3. The van der Waals surface area contributed by atoms with Gasteiger partial charge in [-0.3, -0.25) is 0 Å². The lowest BCUT2D eigenvalue weighted by atomic mass is 10.0. The van der Waals surface area contributed by atoms with Crippen molar-refractivity contribution in [1.82, 2.24) is 14.4 Å². The molecule has 3 heterocycles. The summed E-state index contributed by atoms with van der Waals surface area (Å²) in [5.74, 6) is 0.659. The molecule has 0 unspecified atom stereocenters. The van der Waals surface area contributed by atoms with Crippen LogP contribution in [0.2, 0.25) is 0 Å². The minimum Gasteiger partial charge on any atom is -0.475 e. The second-order valence-electron chi connectivity index (χ2n) is 5.55. The van der Waals surface area contributed by atoms with Crippen molar-refractivity contribution in [2.75, 3.05) is 0 Å². The van der Waals surface area contributed by atoms with Crippen LogP contribution < -0.4 is 4.74 Å². The zero-order valence-electron chi connectivity index (χ0n) is 12.8. The van der Waals surface area contributed by atoms with Gasteiger partial charge in [0.2, 0.25) is 5.88 Å². The van der Waals surface area contributed by atoms with Gasteiger partial charge in [-0.15, -0.1) is 0 Å².